The summed E-state index contributed by atoms with van der Waals surface area (Å²) in [6.07, 6.45) is 0. The first kappa shape index (κ1) is 13.8. The molecule has 2 aromatic carbocycles. The van der Waals surface area contributed by atoms with Gasteiger partial charge in [-0.05, 0) is 29.8 Å². The molecule has 0 fully saturated rings. The topological polar surface area (TPSA) is 62.5 Å². The first-order chi connectivity index (χ1) is 9.64. The van der Waals surface area contributed by atoms with Crippen LogP contribution in [0.2, 0.25) is 0 Å². The molecule has 0 saturated carbocycles. The summed E-state index contributed by atoms with van der Waals surface area (Å²) in [5.41, 5.74) is 0.779. The van der Waals surface area contributed by atoms with Gasteiger partial charge in [0.15, 0.2) is 0 Å². The minimum Gasteiger partial charge on any atom is -0.497 e. The molecule has 0 aromatic heterocycles. The molecule has 2 rings (SSSR count). The maximum Gasteiger partial charge on any atom is 0.132 e. The van der Waals surface area contributed by atoms with Crippen LogP contribution in [-0.2, 0) is 6.61 Å². The first-order valence-electron chi connectivity index (χ1n) is 5.82. The zero-order valence-corrected chi connectivity index (χ0v) is 10.8. The van der Waals surface area contributed by atoms with Gasteiger partial charge in [0, 0.05) is 12.1 Å². The molecule has 4 nitrogen and oxygen atoms in total. The number of ether oxygens (including phenoxy) is 2. The standard InChI is InChI=1S/C15H12FNO3/c1-19-13-3-10(8-17)4-15(7-13)20-14-5-11(9-18)2-12(16)6-14/h2-7,18H,9H2,1H3. The van der Waals surface area contributed by atoms with Crippen molar-refractivity contribution in [3.63, 3.8) is 0 Å². The SMILES string of the molecule is COc1cc(C#N)cc(Oc2cc(F)cc(CO)c2)c1. The van der Waals surface area contributed by atoms with Crippen LogP contribution in [0.25, 0.3) is 0 Å². The Labute approximate surface area is 115 Å². The Kier molecular flexibility index (Phi) is 4.18. The van der Waals surface area contributed by atoms with E-state index in [1.165, 1.54) is 31.4 Å². The van der Waals surface area contributed by atoms with E-state index < -0.39 is 5.82 Å². The highest BCUT2D eigenvalue weighted by Gasteiger charge is 2.06. The maximum absolute atomic E-state index is 13.3. The van der Waals surface area contributed by atoms with Crippen molar-refractivity contribution in [2.45, 2.75) is 6.61 Å². The lowest BCUT2D eigenvalue weighted by Crippen LogP contribution is -1.92. The Balaban J connectivity index is 2.34. The average molecular weight is 273 g/mol. The number of nitriles is 1. The number of hydrogen-bond acceptors (Lipinski definition) is 4. The van der Waals surface area contributed by atoms with Crippen LogP contribution in [0.1, 0.15) is 11.1 Å². The number of benzene rings is 2. The number of methoxy groups -OCH3 is 1. The molecule has 102 valence electrons. The largest absolute Gasteiger partial charge is 0.497 e. The van der Waals surface area contributed by atoms with Crippen LogP contribution in [0.4, 0.5) is 4.39 Å². The van der Waals surface area contributed by atoms with Gasteiger partial charge in [0.05, 0.1) is 25.3 Å². The molecule has 0 aliphatic carbocycles. The molecule has 0 atom stereocenters. The van der Waals surface area contributed by atoms with Crippen LogP contribution in [0, 0.1) is 17.1 Å². The number of halogens is 1. The van der Waals surface area contributed by atoms with Crippen LogP contribution in [-0.4, -0.2) is 12.2 Å². The van der Waals surface area contributed by atoms with Crippen LogP contribution >= 0.6 is 0 Å². The van der Waals surface area contributed by atoms with E-state index in [9.17, 15) is 4.39 Å². The molecule has 0 aliphatic rings. The van der Waals surface area contributed by atoms with E-state index in [1.54, 1.807) is 12.1 Å². The van der Waals surface area contributed by atoms with Gasteiger partial charge >= 0.3 is 0 Å². The molecule has 5 heteroatoms. The fourth-order valence-electron chi connectivity index (χ4n) is 1.72. The Bertz CT molecular complexity index is 665. The number of aliphatic hydroxyl groups excluding tert-OH is 1. The van der Waals surface area contributed by atoms with E-state index in [-0.39, 0.29) is 12.4 Å². The van der Waals surface area contributed by atoms with Crippen molar-refractivity contribution in [3.8, 4) is 23.3 Å². The van der Waals surface area contributed by atoms with Crippen molar-refractivity contribution in [2.75, 3.05) is 7.11 Å². The van der Waals surface area contributed by atoms with Crippen LogP contribution < -0.4 is 9.47 Å². The molecule has 0 radical (unpaired) electrons. The predicted octanol–water partition coefficient (Wildman–Crippen LogP) is 2.99. The van der Waals surface area contributed by atoms with E-state index in [1.807, 2.05) is 6.07 Å². The van der Waals surface area contributed by atoms with Gasteiger partial charge in [0.1, 0.15) is 23.1 Å². The van der Waals surface area contributed by atoms with Crippen molar-refractivity contribution in [1.29, 1.82) is 5.26 Å². The van der Waals surface area contributed by atoms with Crippen LogP contribution in [0.3, 0.4) is 0 Å². The molecular weight excluding hydrogens is 261 g/mol. The fourth-order valence-corrected chi connectivity index (χ4v) is 1.72. The lowest BCUT2D eigenvalue weighted by molar-refractivity contribution is 0.280. The molecule has 1 N–H and O–H groups in total. The highest BCUT2D eigenvalue weighted by Crippen LogP contribution is 2.28. The van der Waals surface area contributed by atoms with E-state index in [2.05, 4.69) is 0 Å². The fraction of sp³-hybridized carbons (Fsp3) is 0.133. The summed E-state index contributed by atoms with van der Waals surface area (Å²) in [5.74, 6) is 0.564. The van der Waals surface area contributed by atoms with Gasteiger partial charge in [-0.1, -0.05) is 0 Å². The van der Waals surface area contributed by atoms with Crippen molar-refractivity contribution < 1.29 is 19.0 Å². The van der Waals surface area contributed by atoms with Gasteiger partial charge in [-0.25, -0.2) is 4.39 Å². The Morgan fingerprint density at radius 2 is 1.80 bits per heavy atom. The van der Waals surface area contributed by atoms with Gasteiger partial charge in [-0.15, -0.1) is 0 Å². The van der Waals surface area contributed by atoms with E-state index in [0.717, 1.165) is 0 Å². The lowest BCUT2D eigenvalue weighted by Gasteiger charge is -2.09. The zero-order chi connectivity index (χ0) is 14.5. The molecule has 0 saturated heterocycles. The first-order valence-corrected chi connectivity index (χ1v) is 5.82. The number of aliphatic hydroxyl groups is 1. The Hall–Kier alpha value is -2.58. The molecule has 0 unspecified atom stereocenters. The summed E-state index contributed by atoms with van der Waals surface area (Å²) >= 11 is 0. The molecule has 0 heterocycles. The lowest BCUT2D eigenvalue weighted by atomic mass is 10.2. The third kappa shape index (κ3) is 3.25. The molecule has 0 amide bonds. The van der Waals surface area contributed by atoms with Crippen molar-refractivity contribution in [3.05, 3.63) is 53.3 Å². The van der Waals surface area contributed by atoms with Crippen LogP contribution in [0.15, 0.2) is 36.4 Å². The molecule has 20 heavy (non-hydrogen) atoms. The quantitative estimate of drug-likeness (QED) is 0.930. The summed E-state index contributed by atoms with van der Waals surface area (Å²) in [6, 6.07) is 10.6. The minimum atomic E-state index is -0.505. The third-order valence-corrected chi connectivity index (χ3v) is 2.59. The van der Waals surface area contributed by atoms with Crippen molar-refractivity contribution in [2.24, 2.45) is 0 Å². The number of rotatable bonds is 4. The van der Waals surface area contributed by atoms with Gasteiger partial charge < -0.3 is 14.6 Å². The molecule has 0 bridgehead atoms. The maximum atomic E-state index is 13.3. The summed E-state index contributed by atoms with van der Waals surface area (Å²) < 4.78 is 23.9. The second kappa shape index (κ2) is 6.04. The minimum absolute atomic E-state index is 0.242. The normalized spacial score (nSPS) is 9.90. The summed E-state index contributed by atoms with van der Waals surface area (Å²) in [7, 11) is 1.48. The highest BCUT2D eigenvalue weighted by molar-refractivity contribution is 5.45. The second-order valence-electron chi connectivity index (χ2n) is 4.06. The van der Waals surface area contributed by atoms with Crippen molar-refractivity contribution in [1.82, 2.24) is 0 Å². The third-order valence-electron chi connectivity index (χ3n) is 2.59. The monoisotopic (exact) mass is 273 g/mol. The second-order valence-corrected chi connectivity index (χ2v) is 4.06. The summed E-state index contributed by atoms with van der Waals surface area (Å²) in [6.45, 7) is -0.282. The molecule has 0 aliphatic heterocycles. The van der Waals surface area contributed by atoms with Crippen LogP contribution in [0.5, 0.6) is 17.2 Å². The highest BCUT2D eigenvalue weighted by atomic mass is 19.1. The molecular formula is C15H12FNO3. The Morgan fingerprint density at radius 3 is 2.45 bits per heavy atom. The van der Waals surface area contributed by atoms with Gasteiger partial charge in [-0.2, -0.15) is 5.26 Å². The molecule has 0 spiro atoms. The summed E-state index contributed by atoms with van der Waals surface area (Å²) in [4.78, 5) is 0. The average Bonchev–Trinajstić information content (AvgIpc) is 2.46. The summed E-state index contributed by atoms with van der Waals surface area (Å²) in [5, 5.41) is 18.0. The van der Waals surface area contributed by atoms with Gasteiger partial charge in [0.2, 0.25) is 0 Å². The molecule has 2 aromatic rings. The van der Waals surface area contributed by atoms with E-state index in [4.69, 9.17) is 19.8 Å². The number of hydrogen-bond donors (Lipinski definition) is 1. The van der Waals surface area contributed by atoms with Gasteiger partial charge in [-0.3, -0.25) is 0 Å². The zero-order valence-electron chi connectivity index (χ0n) is 10.8. The Morgan fingerprint density at radius 1 is 1.10 bits per heavy atom. The predicted molar refractivity (Wildman–Crippen MR) is 70.1 cm³/mol. The number of nitrogens with zero attached hydrogens (tertiary/aromatic N) is 1. The van der Waals surface area contributed by atoms with Gasteiger partial charge in [0.25, 0.3) is 0 Å². The van der Waals surface area contributed by atoms with E-state index in [0.29, 0.717) is 22.6 Å². The van der Waals surface area contributed by atoms with E-state index >= 15 is 0 Å². The van der Waals surface area contributed by atoms with Crippen molar-refractivity contribution >= 4 is 0 Å². The smallest absolute Gasteiger partial charge is 0.132 e.